The molecule has 0 spiro atoms. The SMILES string of the molecule is COc1cc(N2CCN(C3CC4CN(c5ccc6c(c5)C(=O)N(C5CCC(=O)NC5=O)C6=O)CC4C3)CC2)c(-c2cnn(C)c2)cc1Nc1ncc(Cl)c(Nc2ccc(-c3ccccc3)cc2P(C)(C)=O)n1. The molecule has 370 valence electrons. The Labute approximate surface area is 422 Å². The number of aromatic nitrogens is 4. The molecule has 5 aliphatic rings. The van der Waals surface area contributed by atoms with E-state index in [0.29, 0.717) is 68.2 Å². The normalized spacial score (nSPS) is 21.3. The van der Waals surface area contributed by atoms with Crippen molar-refractivity contribution < 1.29 is 28.5 Å². The monoisotopic (exact) mass is 1010 g/mol. The van der Waals surface area contributed by atoms with Crippen LogP contribution in [0, 0.1) is 11.8 Å². The van der Waals surface area contributed by atoms with Crippen LogP contribution < -0.4 is 35.8 Å². The number of carbonyl (C=O) groups excluding carboxylic acids is 4. The average Bonchev–Trinajstić information content (AvgIpc) is 4.15. The van der Waals surface area contributed by atoms with E-state index >= 15 is 0 Å². The van der Waals surface area contributed by atoms with Gasteiger partial charge in [0, 0.05) is 98.8 Å². The van der Waals surface area contributed by atoms with Crippen molar-refractivity contribution in [1.29, 1.82) is 0 Å². The highest BCUT2D eigenvalue weighted by Gasteiger charge is 2.47. The Balaban J connectivity index is 0.761. The average molecular weight is 1010 g/mol. The highest BCUT2D eigenvalue weighted by Crippen LogP contribution is 2.45. The van der Waals surface area contributed by atoms with E-state index in [2.05, 4.69) is 52.9 Å². The molecule has 19 heteroatoms. The van der Waals surface area contributed by atoms with Gasteiger partial charge in [0.15, 0.2) is 5.82 Å². The number of methoxy groups -OCH3 is 1. The van der Waals surface area contributed by atoms with Crippen molar-refractivity contribution in [2.75, 3.05) is 80.1 Å². The van der Waals surface area contributed by atoms with Crippen LogP contribution in [0.4, 0.5) is 34.5 Å². The number of anilines is 6. The summed E-state index contributed by atoms with van der Waals surface area (Å²) in [6.07, 6.45) is 7.79. The number of aryl methyl sites for hydroxylation is 1. The second kappa shape index (κ2) is 18.8. The number of hydrogen-bond donors (Lipinski definition) is 3. The number of halogens is 1. The molecule has 4 amide bonds. The van der Waals surface area contributed by atoms with Gasteiger partial charge in [-0.2, -0.15) is 10.1 Å². The molecule has 3 atom stereocenters. The minimum absolute atomic E-state index is 0.0842. The van der Waals surface area contributed by atoms with Crippen molar-refractivity contribution in [2.24, 2.45) is 18.9 Å². The molecular weight excluding hydrogens is 953 g/mol. The molecule has 3 N–H and O–H groups in total. The summed E-state index contributed by atoms with van der Waals surface area (Å²) >= 11 is 6.71. The third-order valence-electron chi connectivity index (χ3n) is 14.9. The first-order chi connectivity index (χ1) is 34.7. The number of nitrogens with zero attached hydrogens (tertiary/aromatic N) is 8. The number of nitrogens with one attached hydrogen (secondary N) is 3. The summed E-state index contributed by atoms with van der Waals surface area (Å²) < 4.78 is 21.5. The van der Waals surface area contributed by atoms with E-state index in [4.69, 9.17) is 21.3 Å². The third-order valence-corrected chi connectivity index (χ3v) is 16.8. The fourth-order valence-electron chi connectivity index (χ4n) is 11.3. The predicted molar refractivity (Wildman–Crippen MR) is 279 cm³/mol. The van der Waals surface area contributed by atoms with Crippen LogP contribution in [-0.4, -0.2) is 125 Å². The second-order valence-corrected chi connectivity index (χ2v) is 23.4. The minimum Gasteiger partial charge on any atom is -0.494 e. The van der Waals surface area contributed by atoms with Crippen LogP contribution >= 0.6 is 18.7 Å². The van der Waals surface area contributed by atoms with Gasteiger partial charge in [-0.25, -0.2) is 4.98 Å². The van der Waals surface area contributed by atoms with Crippen LogP contribution in [0.25, 0.3) is 22.3 Å². The van der Waals surface area contributed by atoms with Crippen LogP contribution in [-0.2, 0) is 21.2 Å². The maximum Gasteiger partial charge on any atom is 0.262 e. The van der Waals surface area contributed by atoms with Gasteiger partial charge in [-0.1, -0.05) is 48.0 Å². The second-order valence-electron chi connectivity index (χ2n) is 19.8. The van der Waals surface area contributed by atoms with E-state index < -0.39 is 36.8 Å². The van der Waals surface area contributed by atoms with Crippen molar-refractivity contribution in [3.63, 3.8) is 0 Å². The predicted octanol–water partition coefficient (Wildman–Crippen LogP) is 7.38. The first-order valence-corrected chi connectivity index (χ1v) is 27.3. The zero-order chi connectivity index (χ0) is 50.0. The molecule has 2 aromatic heterocycles. The largest absolute Gasteiger partial charge is 0.494 e. The molecule has 17 nitrogen and oxygen atoms in total. The van der Waals surface area contributed by atoms with Gasteiger partial charge in [0.05, 0.1) is 42.0 Å². The summed E-state index contributed by atoms with van der Waals surface area (Å²) in [6.45, 7) is 8.71. The number of amides is 4. The summed E-state index contributed by atoms with van der Waals surface area (Å²) in [7, 11) is 0.808. The van der Waals surface area contributed by atoms with Crippen molar-refractivity contribution in [1.82, 2.24) is 34.9 Å². The zero-order valence-corrected chi connectivity index (χ0v) is 42.1. The lowest BCUT2D eigenvalue weighted by Gasteiger charge is -2.40. The lowest BCUT2D eigenvalue weighted by Crippen LogP contribution is -2.54. The quantitative estimate of drug-likeness (QED) is 0.0814. The molecule has 4 aromatic carbocycles. The van der Waals surface area contributed by atoms with Crippen molar-refractivity contribution in [3.8, 4) is 28.0 Å². The molecule has 72 heavy (non-hydrogen) atoms. The van der Waals surface area contributed by atoms with Crippen LogP contribution in [0.2, 0.25) is 5.02 Å². The third kappa shape index (κ3) is 8.98. The molecule has 3 unspecified atom stereocenters. The summed E-state index contributed by atoms with van der Waals surface area (Å²) in [5, 5.41) is 14.5. The van der Waals surface area contributed by atoms with Gasteiger partial charge >= 0.3 is 0 Å². The number of piperidine rings is 1. The highest BCUT2D eigenvalue weighted by atomic mass is 35.5. The smallest absolute Gasteiger partial charge is 0.262 e. The van der Waals surface area contributed by atoms with Crippen molar-refractivity contribution in [2.45, 2.75) is 37.8 Å². The molecule has 11 rings (SSSR count). The van der Waals surface area contributed by atoms with E-state index in [-0.39, 0.29) is 12.8 Å². The van der Waals surface area contributed by atoms with Gasteiger partial charge in [0.25, 0.3) is 11.8 Å². The number of rotatable bonds is 12. The van der Waals surface area contributed by atoms with Gasteiger partial charge in [-0.3, -0.25) is 39.0 Å². The molecule has 4 aliphatic heterocycles. The maximum absolute atomic E-state index is 13.6. The molecule has 6 aromatic rings. The molecule has 4 fully saturated rings. The minimum atomic E-state index is -2.75. The van der Waals surface area contributed by atoms with Crippen LogP contribution in [0.5, 0.6) is 5.75 Å². The Bertz CT molecular complexity index is 3200. The highest BCUT2D eigenvalue weighted by molar-refractivity contribution is 7.70. The summed E-state index contributed by atoms with van der Waals surface area (Å²) in [5.74, 6) is 0.300. The van der Waals surface area contributed by atoms with Gasteiger partial charge in [-0.05, 0) is 92.0 Å². The topological polar surface area (TPSA) is 187 Å². The van der Waals surface area contributed by atoms with Gasteiger partial charge in [-0.15, -0.1) is 0 Å². The first-order valence-electron chi connectivity index (χ1n) is 24.3. The van der Waals surface area contributed by atoms with Gasteiger partial charge in [0.1, 0.15) is 24.0 Å². The number of benzene rings is 4. The molecule has 0 bridgehead atoms. The molecule has 1 saturated carbocycles. The van der Waals surface area contributed by atoms with E-state index in [1.165, 1.54) is 6.20 Å². The van der Waals surface area contributed by atoms with Gasteiger partial charge in [0.2, 0.25) is 17.8 Å². The number of fused-ring (bicyclic) bond motifs is 2. The number of carbonyl (C=O) groups is 4. The lowest BCUT2D eigenvalue weighted by atomic mass is 10.0. The Morgan fingerprint density at radius 3 is 2.22 bits per heavy atom. The van der Waals surface area contributed by atoms with Crippen molar-refractivity contribution >= 4 is 82.2 Å². The van der Waals surface area contributed by atoms with E-state index in [0.717, 1.165) is 90.6 Å². The van der Waals surface area contributed by atoms with E-state index in [1.807, 2.05) is 74.0 Å². The molecule has 6 heterocycles. The fourth-order valence-corrected chi connectivity index (χ4v) is 12.6. The van der Waals surface area contributed by atoms with Crippen LogP contribution in [0.1, 0.15) is 46.4 Å². The molecule has 3 saturated heterocycles. The summed E-state index contributed by atoms with van der Waals surface area (Å²) in [5.41, 5.74) is 7.78. The Hall–Kier alpha value is -7.07. The number of ether oxygens (including phenoxy) is 1. The summed E-state index contributed by atoms with van der Waals surface area (Å²) in [4.78, 5) is 68.9. The Morgan fingerprint density at radius 1 is 0.778 bits per heavy atom. The van der Waals surface area contributed by atoms with E-state index in [9.17, 15) is 23.7 Å². The molecular formula is C53H55ClN11O6P. The van der Waals surface area contributed by atoms with Gasteiger partial charge < -0.3 is 29.7 Å². The first kappa shape index (κ1) is 47.3. The van der Waals surface area contributed by atoms with Crippen molar-refractivity contribution in [3.05, 3.63) is 114 Å². The number of hydrogen-bond acceptors (Lipinski definition) is 14. The van der Waals surface area contributed by atoms with Crippen LogP contribution in [0.3, 0.4) is 0 Å². The van der Waals surface area contributed by atoms with Crippen LogP contribution in [0.15, 0.2) is 97.5 Å². The lowest BCUT2D eigenvalue weighted by molar-refractivity contribution is -0.136. The number of piperazine rings is 1. The number of imide groups is 2. The molecule has 0 radical (unpaired) electrons. The van der Waals surface area contributed by atoms with E-state index in [1.54, 1.807) is 37.3 Å². The molecule has 1 aliphatic carbocycles. The summed E-state index contributed by atoms with van der Waals surface area (Å²) in [6, 6.07) is 24.9. The zero-order valence-electron chi connectivity index (χ0n) is 40.5. The Kier molecular flexibility index (Phi) is 12.4. The fraction of sp³-hybridized carbons (Fsp3) is 0.340. The Morgan fingerprint density at radius 2 is 1.53 bits per heavy atom. The standard InChI is InChI=1S/C53H55ClN11O6P/c1-61-28-35(26-56-61)39-24-43(58-53-55-27-41(54)49(60-53)57-42-13-10-32(22-47(42)72(3,4)70)31-8-6-5-7-9-31)46(71-2)25-45(39)63-18-16-62(17-19-63)37-20-33-29-64(30-34(33)21-37)36-11-12-38-40(23-36)52(69)65(51(38)68)44-14-15-48(66)59-50(44)67/h5-13,22-28,33-34,37,44H,14-21,29-30H2,1-4H3,(H,59,66,67)(H2,55,57,58,60). The maximum atomic E-state index is 13.6.